The van der Waals surface area contributed by atoms with Crippen LogP contribution >= 0.6 is 7.82 Å². The molecule has 0 aromatic heterocycles. The van der Waals surface area contributed by atoms with E-state index in [0.29, 0.717) is 12.8 Å². The van der Waals surface area contributed by atoms with E-state index in [4.69, 9.17) is 37.5 Å². The molecule has 1 saturated carbocycles. The van der Waals surface area contributed by atoms with E-state index in [2.05, 4.69) is 38.2 Å². The SMILES string of the molecule is CCCCCC/C=C\CCCCCCCCCC(=O)OC(COC(=O)CCCCC/C=C\CCCCCCCC)COP(=O)(O)OC1C(OC2OC(CO)C(O)C(O)C2O)C(O)C(O)C(O)C1OC1OC(CO)C(O)C(O)C1O. The van der Waals surface area contributed by atoms with Gasteiger partial charge in [-0.2, -0.15) is 0 Å². The Hall–Kier alpha value is -2.07. The van der Waals surface area contributed by atoms with E-state index in [1.807, 2.05) is 0 Å². The van der Waals surface area contributed by atoms with Crippen molar-refractivity contribution in [2.24, 2.45) is 0 Å². The third kappa shape index (κ3) is 26.2. The van der Waals surface area contributed by atoms with Gasteiger partial charge in [-0.25, -0.2) is 4.57 Å². The molecular formula is C55H99O23P. The Kier molecular flexibility index (Phi) is 36.3. The molecule has 0 aromatic rings. The van der Waals surface area contributed by atoms with E-state index >= 15 is 0 Å². The molecule has 3 fully saturated rings. The molecule has 16 unspecified atom stereocenters. The van der Waals surface area contributed by atoms with Gasteiger partial charge in [0.25, 0.3) is 0 Å². The van der Waals surface area contributed by atoms with Crippen LogP contribution in [0.15, 0.2) is 24.3 Å². The second kappa shape index (κ2) is 40.2. The molecule has 0 radical (unpaired) electrons. The minimum absolute atomic E-state index is 0.0320. The molecule has 79 heavy (non-hydrogen) atoms. The number of aliphatic hydroxyl groups is 11. The number of ether oxygens (including phenoxy) is 6. The van der Waals surface area contributed by atoms with Crippen molar-refractivity contribution in [3.8, 4) is 0 Å². The summed E-state index contributed by atoms with van der Waals surface area (Å²) >= 11 is 0. The summed E-state index contributed by atoms with van der Waals surface area (Å²) in [5, 5.41) is 117. The van der Waals surface area contributed by atoms with Gasteiger partial charge in [-0.05, 0) is 64.2 Å². The maximum atomic E-state index is 14.0. The molecule has 24 heteroatoms. The summed E-state index contributed by atoms with van der Waals surface area (Å²) in [6.45, 7) is 0.958. The van der Waals surface area contributed by atoms with Crippen LogP contribution in [0, 0.1) is 0 Å². The topological polar surface area (TPSA) is 368 Å². The second-order valence-corrected chi connectivity index (χ2v) is 22.6. The number of hydrogen-bond acceptors (Lipinski definition) is 22. The molecule has 0 aromatic carbocycles. The number of phosphoric acid groups is 1. The standard InChI is InChI=1S/C55H99O23P/c1-3-5-7-9-11-13-15-17-18-20-22-24-26-28-30-32-41(59)73-37(35-71-40(58)31-29-27-25-23-21-19-16-14-12-10-8-6-4-2)36-72-79(69,70)78-53-51(76-54-49(67)44(62)42(60)38(33-56)74-54)47(65)46(64)48(66)52(53)77-55-50(68)45(63)43(61)39(34-57)75-55/h13,15,19,21,37-39,42-57,60-68H,3-12,14,16-18,20,22-36H2,1-2H3,(H,69,70)/b15-13-,21-19-. The smallest absolute Gasteiger partial charge is 0.462 e. The summed E-state index contributed by atoms with van der Waals surface area (Å²) in [7, 11) is -5.64. The number of esters is 2. The first-order valence-corrected chi connectivity index (χ1v) is 30.7. The van der Waals surface area contributed by atoms with Gasteiger partial charge in [-0.15, -0.1) is 0 Å². The van der Waals surface area contributed by atoms with Gasteiger partial charge in [-0.3, -0.25) is 18.6 Å². The van der Waals surface area contributed by atoms with Gasteiger partial charge in [0.05, 0.1) is 19.8 Å². The second-order valence-electron chi connectivity index (χ2n) is 21.2. The van der Waals surface area contributed by atoms with Crippen LogP contribution in [0.4, 0.5) is 0 Å². The van der Waals surface area contributed by atoms with Crippen molar-refractivity contribution < 1.29 is 113 Å². The first-order valence-electron chi connectivity index (χ1n) is 29.2. The lowest BCUT2D eigenvalue weighted by Crippen LogP contribution is -2.69. The number of hydrogen-bond donors (Lipinski definition) is 12. The first-order chi connectivity index (χ1) is 37.9. The van der Waals surface area contributed by atoms with Crippen LogP contribution in [0.1, 0.15) is 181 Å². The highest BCUT2D eigenvalue weighted by Crippen LogP contribution is 2.49. The number of allylic oxidation sites excluding steroid dienone is 4. The first kappa shape index (κ1) is 71.2. The summed E-state index contributed by atoms with van der Waals surface area (Å²) in [5.74, 6) is -1.36. The maximum absolute atomic E-state index is 14.0. The average molecular weight is 1160 g/mol. The Balaban J connectivity index is 1.72. The summed E-state index contributed by atoms with van der Waals surface area (Å²) in [6, 6.07) is 0. The number of unbranched alkanes of at least 4 members (excludes halogenated alkanes) is 20. The van der Waals surface area contributed by atoms with Crippen LogP contribution in [-0.2, 0) is 51.6 Å². The average Bonchev–Trinajstić information content (AvgIpc) is 3.55. The molecule has 0 spiro atoms. The van der Waals surface area contributed by atoms with Crippen molar-refractivity contribution in [2.75, 3.05) is 26.4 Å². The molecule has 2 heterocycles. The molecule has 0 amide bonds. The zero-order valence-corrected chi connectivity index (χ0v) is 47.5. The minimum Gasteiger partial charge on any atom is -0.462 e. The summed E-state index contributed by atoms with van der Waals surface area (Å²) in [6.07, 6.45) is -1.19. The van der Waals surface area contributed by atoms with E-state index in [1.54, 1.807) is 0 Å². The fourth-order valence-electron chi connectivity index (χ4n) is 9.58. The lowest BCUT2D eigenvalue weighted by atomic mass is 9.84. The third-order valence-corrected chi connectivity index (χ3v) is 15.5. The van der Waals surface area contributed by atoms with Gasteiger partial charge in [0.2, 0.25) is 0 Å². The minimum atomic E-state index is -5.64. The van der Waals surface area contributed by atoms with Crippen molar-refractivity contribution in [2.45, 2.75) is 285 Å². The van der Waals surface area contributed by atoms with Crippen molar-refractivity contribution in [3.63, 3.8) is 0 Å². The predicted octanol–water partition coefficient (Wildman–Crippen LogP) is 3.70. The van der Waals surface area contributed by atoms with E-state index in [0.717, 1.165) is 83.5 Å². The van der Waals surface area contributed by atoms with E-state index in [9.17, 15) is 75.2 Å². The van der Waals surface area contributed by atoms with Gasteiger partial charge in [-0.1, -0.05) is 128 Å². The highest BCUT2D eigenvalue weighted by atomic mass is 31.2. The zero-order chi connectivity index (χ0) is 58.2. The Morgan fingerprint density at radius 2 is 0.835 bits per heavy atom. The highest BCUT2D eigenvalue weighted by Gasteiger charge is 2.58. The van der Waals surface area contributed by atoms with Crippen LogP contribution in [-0.4, -0.2) is 204 Å². The molecular weight excluding hydrogens is 1060 g/mol. The van der Waals surface area contributed by atoms with Gasteiger partial charge < -0.3 is 89.5 Å². The van der Waals surface area contributed by atoms with Crippen LogP contribution in [0.3, 0.4) is 0 Å². The fraction of sp³-hybridized carbons (Fsp3) is 0.891. The molecule has 0 bridgehead atoms. The van der Waals surface area contributed by atoms with Gasteiger partial charge in [0.1, 0.15) is 92.1 Å². The Morgan fingerprint density at radius 3 is 1.27 bits per heavy atom. The molecule has 1 aliphatic carbocycles. The number of carbonyl (C=O) groups excluding carboxylic acids is 2. The lowest BCUT2D eigenvalue weighted by Gasteiger charge is -2.49. The third-order valence-electron chi connectivity index (χ3n) is 14.5. The summed E-state index contributed by atoms with van der Waals surface area (Å²) in [4.78, 5) is 37.5. The van der Waals surface area contributed by atoms with Crippen molar-refractivity contribution in [1.29, 1.82) is 0 Å². The largest absolute Gasteiger partial charge is 0.472 e. The Labute approximate surface area is 466 Å². The number of aliphatic hydroxyl groups excluding tert-OH is 11. The number of phosphoric ester groups is 1. The maximum Gasteiger partial charge on any atom is 0.472 e. The van der Waals surface area contributed by atoms with Crippen LogP contribution in [0.5, 0.6) is 0 Å². The van der Waals surface area contributed by atoms with Crippen LogP contribution < -0.4 is 0 Å². The lowest BCUT2D eigenvalue weighted by molar-refractivity contribution is -0.360. The summed E-state index contributed by atoms with van der Waals surface area (Å²) in [5.41, 5.74) is 0. The van der Waals surface area contributed by atoms with E-state index in [-0.39, 0.29) is 12.8 Å². The van der Waals surface area contributed by atoms with Crippen molar-refractivity contribution in [3.05, 3.63) is 24.3 Å². The van der Waals surface area contributed by atoms with Gasteiger partial charge in [0, 0.05) is 12.8 Å². The van der Waals surface area contributed by atoms with Crippen LogP contribution in [0.2, 0.25) is 0 Å². The van der Waals surface area contributed by atoms with Gasteiger partial charge >= 0.3 is 19.8 Å². The Bertz CT molecular complexity index is 1670. The molecule has 12 N–H and O–H groups in total. The van der Waals surface area contributed by atoms with Crippen molar-refractivity contribution >= 4 is 19.8 Å². The summed E-state index contributed by atoms with van der Waals surface area (Å²) < 4.78 is 58.0. The van der Waals surface area contributed by atoms with Crippen LogP contribution in [0.25, 0.3) is 0 Å². The highest BCUT2D eigenvalue weighted by molar-refractivity contribution is 7.47. The molecule has 462 valence electrons. The molecule has 23 nitrogen and oxygen atoms in total. The Morgan fingerprint density at radius 1 is 0.468 bits per heavy atom. The van der Waals surface area contributed by atoms with E-state index in [1.165, 1.54) is 57.8 Å². The molecule has 2 aliphatic heterocycles. The zero-order valence-electron chi connectivity index (χ0n) is 46.6. The number of carbonyl (C=O) groups is 2. The van der Waals surface area contributed by atoms with E-state index < -0.39 is 150 Å². The molecule has 3 aliphatic rings. The normalized spacial score (nSPS) is 31.6. The predicted molar refractivity (Wildman–Crippen MR) is 286 cm³/mol. The monoisotopic (exact) mass is 1160 g/mol. The van der Waals surface area contributed by atoms with Crippen molar-refractivity contribution in [1.82, 2.24) is 0 Å². The number of rotatable bonds is 42. The fourth-order valence-corrected chi connectivity index (χ4v) is 10.5. The quantitative estimate of drug-likeness (QED) is 0.0179. The molecule has 3 rings (SSSR count). The van der Waals surface area contributed by atoms with Gasteiger partial charge in [0.15, 0.2) is 18.7 Å². The molecule has 2 saturated heterocycles. The molecule has 16 atom stereocenters.